The molecule has 0 saturated heterocycles. The third kappa shape index (κ3) is 5.50. The van der Waals surface area contributed by atoms with Crippen LogP contribution in [0.3, 0.4) is 0 Å². The first kappa shape index (κ1) is 15.8. The van der Waals surface area contributed by atoms with Crippen molar-refractivity contribution in [3.63, 3.8) is 0 Å². The van der Waals surface area contributed by atoms with Crippen LogP contribution in [0.15, 0.2) is 23.3 Å². The predicted molar refractivity (Wildman–Crippen MR) is 79.2 cm³/mol. The molecule has 0 heterocycles. The second-order valence-corrected chi connectivity index (χ2v) is 4.50. The zero-order valence-corrected chi connectivity index (χ0v) is 12.2. The van der Waals surface area contributed by atoms with Crippen molar-refractivity contribution in [1.29, 1.82) is 0 Å². The van der Waals surface area contributed by atoms with Crippen LogP contribution in [0, 0.1) is 5.82 Å². The van der Waals surface area contributed by atoms with Crippen LogP contribution in [0.2, 0.25) is 5.02 Å². The molecule has 0 unspecified atom stereocenters. The summed E-state index contributed by atoms with van der Waals surface area (Å²) in [4.78, 5) is 0. The number of hydrogen-bond acceptors (Lipinski definition) is 3. The van der Waals surface area contributed by atoms with Gasteiger partial charge >= 0.3 is 0 Å². The Morgan fingerprint density at radius 3 is 2.89 bits per heavy atom. The molecule has 0 spiro atoms. The van der Waals surface area contributed by atoms with E-state index < -0.39 is 0 Å². The smallest absolute Gasteiger partial charge is 0.187 e. The summed E-state index contributed by atoms with van der Waals surface area (Å²) in [6, 6.07) is 4.14. The largest absolute Gasteiger partial charge is 0.383 e. The number of nitrogens with zero attached hydrogens (tertiary/aromatic N) is 1. The Balaban J connectivity index is 2.59. The molecule has 1 aromatic carbocycles. The maximum absolute atomic E-state index is 12.9. The van der Waals surface area contributed by atoms with E-state index in [1.807, 2.05) is 0 Å². The standard InChI is InChI=1S/C12H15ClFN3OS/c1-8(10-4-3-9(14)7-11(10)13)16-17-12(19)15-5-6-18-2/h3-4,7H,5-6H2,1-2H3,(H2,15,17,19)/b16-8-. The van der Waals surface area contributed by atoms with Gasteiger partial charge in [-0.25, -0.2) is 4.39 Å². The van der Waals surface area contributed by atoms with E-state index in [4.69, 9.17) is 28.6 Å². The van der Waals surface area contributed by atoms with E-state index in [0.717, 1.165) is 0 Å². The number of benzene rings is 1. The molecule has 1 rings (SSSR count). The minimum Gasteiger partial charge on any atom is -0.383 e. The molecule has 104 valence electrons. The van der Waals surface area contributed by atoms with E-state index in [9.17, 15) is 4.39 Å². The Hall–Kier alpha value is -1.24. The summed E-state index contributed by atoms with van der Waals surface area (Å²) >= 11 is 10.9. The topological polar surface area (TPSA) is 45.6 Å². The number of halogens is 2. The quantitative estimate of drug-likeness (QED) is 0.379. The van der Waals surface area contributed by atoms with Crippen molar-refractivity contribution in [1.82, 2.24) is 10.7 Å². The van der Waals surface area contributed by atoms with Gasteiger partial charge in [0.15, 0.2) is 5.11 Å². The zero-order valence-electron chi connectivity index (χ0n) is 10.7. The maximum atomic E-state index is 12.9. The predicted octanol–water partition coefficient (Wildman–Crippen LogP) is 2.31. The van der Waals surface area contributed by atoms with E-state index in [0.29, 0.717) is 34.6 Å². The van der Waals surface area contributed by atoms with Crippen LogP contribution < -0.4 is 10.7 Å². The average molecular weight is 304 g/mol. The number of methoxy groups -OCH3 is 1. The third-order valence-electron chi connectivity index (χ3n) is 2.24. The summed E-state index contributed by atoms with van der Waals surface area (Å²) in [6.45, 7) is 2.90. The molecule has 1 aromatic rings. The van der Waals surface area contributed by atoms with Crippen molar-refractivity contribution in [3.05, 3.63) is 34.6 Å². The molecule has 0 fully saturated rings. The number of rotatable bonds is 5. The van der Waals surface area contributed by atoms with Gasteiger partial charge in [-0.3, -0.25) is 5.43 Å². The summed E-state index contributed by atoms with van der Waals surface area (Å²) in [5, 5.41) is 7.68. The first-order valence-electron chi connectivity index (χ1n) is 5.57. The second-order valence-electron chi connectivity index (χ2n) is 3.68. The number of hydrogen-bond donors (Lipinski definition) is 2. The fraction of sp³-hybridized carbons (Fsp3) is 0.333. The highest BCUT2D eigenvalue weighted by Crippen LogP contribution is 2.17. The molecule has 2 N–H and O–H groups in total. The van der Waals surface area contributed by atoms with E-state index in [-0.39, 0.29) is 5.82 Å². The Kier molecular flexibility index (Phi) is 6.69. The highest BCUT2D eigenvalue weighted by molar-refractivity contribution is 7.80. The van der Waals surface area contributed by atoms with Gasteiger partial charge in [0.1, 0.15) is 5.82 Å². The summed E-state index contributed by atoms with van der Waals surface area (Å²) in [7, 11) is 1.61. The Bertz CT molecular complexity index is 482. The molecular formula is C12H15ClFN3OS. The van der Waals surface area contributed by atoms with Gasteiger partial charge in [0.05, 0.1) is 17.3 Å². The molecule has 0 atom stereocenters. The maximum Gasteiger partial charge on any atom is 0.187 e. The molecule has 7 heteroatoms. The Morgan fingerprint density at radius 1 is 1.53 bits per heavy atom. The SMILES string of the molecule is COCCNC(=S)N/N=C(/C)c1ccc(F)cc1Cl. The number of nitrogens with one attached hydrogen (secondary N) is 2. The highest BCUT2D eigenvalue weighted by atomic mass is 35.5. The molecule has 0 aliphatic rings. The molecule has 19 heavy (non-hydrogen) atoms. The van der Waals surface area contributed by atoms with Crippen molar-refractivity contribution in [2.45, 2.75) is 6.92 Å². The van der Waals surface area contributed by atoms with Crippen LogP contribution in [-0.2, 0) is 4.74 Å². The van der Waals surface area contributed by atoms with E-state index in [2.05, 4.69) is 15.8 Å². The van der Waals surface area contributed by atoms with Crippen molar-refractivity contribution in [2.24, 2.45) is 5.10 Å². The average Bonchev–Trinajstić information content (AvgIpc) is 2.36. The van der Waals surface area contributed by atoms with Crippen molar-refractivity contribution in [3.8, 4) is 0 Å². The van der Waals surface area contributed by atoms with Gasteiger partial charge in [-0.2, -0.15) is 5.10 Å². The van der Waals surface area contributed by atoms with Crippen LogP contribution in [0.5, 0.6) is 0 Å². The lowest BCUT2D eigenvalue weighted by atomic mass is 10.1. The minimum atomic E-state index is -0.383. The van der Waals surface area contributed by atoms with Gasteiger partial charge in [-0.15, -0.1) is 0 Å². The van der Waals surface area contributed by atoms with Gasteiger partial charge < -0.3 is 10.1 Å². The lowest BCUT2D eigenvalue weighted by molar-refractivity contribution is 0.204. The zero-order chi connectivity index (χ0) is 14.3. The second kappa shape index (κ2) is 8.04. The van der Waals surface area contributed by atoms with Crippen LogP contribution in [0.1, 0.15) is 12.5 Å². The lowest BCUT2D eigenvalue weighted by Crippen LogP contribution is -2.34. The van der Waals surface area contributed by atoms with Crippen molar-refractivity contribution < 1.29 is 9.13 Å². The molecule has 0 aliphatic carbocycles. The van der Waals surface area contributed by atoms with Gasteiger partial charge in [0.2, 0.25) is 0 Å². The van der Waals surface area contributed by atoms with Gasteiger partial charge in [-0.05, 0) is 37.3 Å². The van der Waals surface area contributed by atoms with Crippen LogP contribution in [0.4, 0.5) is 4.39 Å². The molecular weight excluding hydrogens is 289 g/mol. The van der Waals surface area contributed by atoms with Crippen molar-refractivity contribution >= 4 is 34.6 Å². The summed E-state index contributed by atoms with van der Waals surface area (Å²) in [5.41, 5.74) is 3.94. The van der Waals surface area contributed by atoms with E-state index in [1.165, 1.54) is 12.1 Å². The molecule has 0 amide bonds. The van der Waals surface area contributed by atoms with Gasteiger partial charge in [0.25, 0.3) is 0 Å². The first-order valence-corrected chi connectivity index (χ1v) is 6.35. The number of ether oxygens (including phenoxy) is 1. The van der Waals surface area contributed by atoms with E-state index in [1.54, 1.807) is 20.1 Å². The van der Waals surface area contributed by atoms with Crippen LogP contribution >= 0.6 is 23.8 Å². The molecule has 0 aromatic heterocycles. The highest BCUT2D eigenvalue weighted by Gasteiger charge is 2.05. The van der Waals surface area contributed by atoms with Gasteiger partial charge in [-0.1, -0.05) is 11.6 Å². The first-order chi connectivity index (χ1) is 9.04. The third-order valence-corrected chi connectivity index (χ3v) is 2.79. The normalized spacial score (nSPS) is 11.3. The Morgan fingerprint density at radius 2 is 2.26 bits per heavy atom. The fourth-order valence-electron chi connectivity index (χ4n) is 1.28. The van der Waals surface area contributed by atoms with Crippen LogP contribution in [0.25, 0.3) is 0 Å². The number of hydrazone groups is 1. The molecule has 0 bridgehead atoms. The van der Waals surface area contributed by atoms with Gasteiger partial charge in [0, 0.05) is 19.2 Å². The molecule has 4 nitrogen and oxygen atoms in total. The monoisotopic (exact) mass is 303 g/mol. The minimum absolute atomic E-state index is 0.307. The molecule has 0 radical (unpaired) electrons. The van der Waals surface area contributed by atoms with Crippen LogP contribution in [-0.4, -0.2) is 31.1 Å². The Labute approximate surface area is 122 Å². The molecule has 0 aliphatic heterocycles. The number of thiocarbonyl (C=S) groups is 1. The van der Waals surface area contributed by atoms with E-state index >= 15 is 0 Å². The molecule has 0 saturated carbocycles. The lowest BCUT2D eigenvalue weighted by Gasteiger charge is -2.08. The summed E-state index contributed by atoms with van der Waals surface area (Å²) in [6.07, 6.45) is 0. The summed E-state index contributed by atoms with van der Waals surface area (Å²) in [5.74, 6) is -0.383. The fourth-order valence-corrected chi connectivity index (χ4v) is 1.74. The summed E-state index contributed by atoms with van der Waals surface area (Å²) < 4.78 is 17.8. The van der Waals surface area contributed by atoms with Crippen molar-refractivity contribution in [2.75, 3.05) is 20.3 Å².